The van der Waals surface area contributed by atoms with Gasteiger partial charge in [0.25, 0.3) is 5.56 Å². The van der Waals surface area contributed by atoms with Gasteiger partial charge in [-0.2, -0.15) is 0 Å². The molecule has 1 N–H and O–H groups in total. The van der Waals surface area contributed by atoms with Crippen LogP contribution in [0.1, 0.15) is 24.1 Å². The van der Waals surface area contributed by atoms with Crippen LogP contribution in [0.4, 0.5) is 0 Å². The summed E-state index contributed by atoms with van der Waals surface area (Å²) in [6.07, 6.45) is 6.42. The van der Waals surface area contributed by atoms with Crippen LogP contribution < -0.4 is 20.3 Å². The number of ether oxygens (including phenoxy) is 2. The van der Waals surface area contributed by atoms with Crippen molar-refractivity contribution in [2.45, 2.75) is 38.4 Å². The Morgan fingerprint density at radius 3 is 2.74 bits per heavy atom. The summed E-state index contributed by atoms with van der Waals surface area (Å²) in [5, 5.41) is 3.66. The maximum Gasteiger partial charge on any atom is 0.269 e. The summed E-state index contributed by atoms with van der Waals surface area (Å²) in [7, 11) is 1.63. The minimum atomic E-state index is -0.0745. The molecule has 5 rings (SSSR count). The van der Waals surface area contributed by atoms with E-state index in [9.17, 15) is 4.79 Å². The van der Waals surface area contributed by atoms with Gasteiger partial charge in [-0.15, -0.1) is 24.8 Å². The lowest BCUT2D eigenvalue weighted by Crippen LogP contribution is -2.43. The zero-order valence-electron chi connectivity index (χ0n) is 19.2. The first-order valence-corrected chi connectivity index (χ1v) is 11.3. The second-order valence-electron chi connectivity index (χ2n) is 8.48. The Morgan fingerprint density at radius 1 is 1.12 bits per heavy atom. The molecule has 4 heterocycles. The highest BCUT2D eigenvalue weighted by molar-refractivity contribution is 5.85. The van der Waals surface area contributed by atoms with Crippen LogP contribution in [-0.4, -0.2) is 58.8 Å². The number of hydrogen-bond acceptors (Lipinski definition) is 7. The van der Waals surface area contributed by atoms with Crippen molar-refractivity contribution in [1.29, 1.82) is 0 Å². The molecule has 1 saturated heterocycles. The number of hydrogen-bond donors (Lipinski definition) is 1. The number of fused-ring (bicyclic) bond motifs is 2. The fourth-order valence-corrected chi connectivity index (χ4v) is 4.58. The van der Waals surface area contributed by atoms with E-state index in [0.717, 1.165) is 80.3 Å². The summed E-state index contributed by atoms with van der Waals surface area (Å²) in [4.78, 5) is 23.7. The predicted octanol–water partition coefficient (Wildman–Crippen LogP) is 2.83. The molecule has 0 amide bonds. The maximum absolute atomic E-state index is 12.5. The number of benzene rings is 1. The summed E-state index contributed by atoms with van der Waals surface area (Å²) >= 11 is 0. The van der Waals surface area contributed by atoms with Gasteiger partial charge in [-0.3, -0.25) is 9.78 Å². The number of rotatable bonds is 7. The normalized spacial score (nSPS) is 15.8. The molecule has 1 aromatic carbocycles. The number of likely N-dealkylation sites (tertiary alicyclic amines) is 1. The lowest BCUT2D eigenvalue weighted by Gasteiger charge is -2.32. The van der Waals surface area contributed by atoms with E-state index >= 15 is 0 Å². The first-order chi connectivity index (χ1) is 15.7. The van der Waals surface area contributed by atoms with Gasteiger partial charge in [0.15, 0.2) is 0 Å². The van der Waals surface area contributed by atoms with E-state index in [-0.39, 0.29) is 30.4 Å². The average Bonchev–Trinajstić information content (AvgIpc) is 3.30. The third kappa shape index (κ3) is 5.81. The van der Waals surface area contributed by atoms with Crippen LogP contribution >= 0.6 is 24.8 Å². The quantitative estimate of drug-likeness (QED) is 0.526. The number of nitrogens with zero attached hydrogens (tertiary/aromatic N) is 4. The minimum Gasteiger partial charge on any atom is -0.497 e. The number of methoxy groups -OCH3 is 1. The molecule has 0 spiro atoms. The first-order valence-electron chi connectivity index (χ1n) is 11.3. The van der Waals surface area contributed by atoms with E-state index in [2.05, 4.69) is 26.3 Å². The lowest BCUT2D eigenvalue weighted by molar-refractivity contribution is 0.191. The van der Waals surface area contributed by atoms with Gasteiger partial charge >= 0.3 is 0 Å². The van der Waals surface area contributed by atoms with Crippen LogP contribution in [0.15, 0.2) is 41.5 Å². The highest BCUT2D eigenvalue weighted by atomic mass is 35.5. The van der Waals surface area contributed by atoms with Gasteiger partial charge in [0.05, 0.1) is 42.8 Å². The largest absolute Gasteiger partial charge is 0.497 e. The fourth-order valence-electron chi connectivity index (χ4n) is 4.58. The SMILES string of the molecule is COc1ccc2ncc(=O)n(CCN3CCC(NCc4cc5c(cn4)OCC5)CC3)c2c1.Cl.Cl. The fraction of sp³-hybridized carbons (Fsp3) is 0.458. The van der Waals surface area contributed by atoms with Crippen molar-refractivity contribution in [2.75, 3.05) is 33.4 Å². The number of halogens is 2. The van der Waals surface area contributed by atoms with Gasteiger partial charge in [0.2, 0.25) is 0 Å². The molecular formula is C24H31Cl2N5O3. The number of pyridine rings is 1. The Kier molecular flexibility index (Phi) is 9.13. The van der Waals surface area contributed by atoms with Gasteiger partial charge in [-0.1, -0.05) is 0 Å². The van der Waals surface area contributed by atoms with Gasteiger partial charge in [-0.25, -0.2) is 4.98 Å². The minimum absolute atomic E-state index is 0. The van der Waals surface area contributed by atoms with E-state index in [0.29, 0.717) is 12.6 Å². The van der Waals surface area contributed by atoms with Gasteiger partial charge in [-0.05, 0) is 44.1 Å². The molecule has 0 atom stereocenters. The monoisotopic (exact) mass is 507 g/mol. The zero-order chi connectivity index (χ0) is 21.9. The van der Waals surface area contributed by atoms with E-state index in [1.807, 2.05) is 24.4 Å². The Hall–Kier alpha value is -2.39. The molecule has 184 valence electrons. The van der Waals surface area contributed by atoms with Crippen molar-refractivity contribution in [1.82, 2.24) is 24.8 Å². The van der Waals surface area contributed by atoms with Gasteiger partial charge in [0, 0.05) is 43.7 Å². The van der Waals surface area contributed by atoms with E-state index in [1.165, 1.54) is 11.8 Å². The Labute approximate surface area is 211 Å². The van der Waals surface area contributed by atoms with Gasteiger partial charge < -0.3 is 24.3 Å². The Balaban J connectivity index is 0.00000162. The smallest absolute Gasteiger partial charge is 0.269 e. The molecule has 2 aliphatic rings. The molecule has 3 aromatic rings. The summed E-state index contributed by atoms with van der Waals surface area (Å²) < 4.78 is 12.7. The summed E-state index contributed by atoms with van der Waals surface area (Å²) in [5.74, 6) is 1.66. The lowest BCUT2D eigenvalue weighted by atomic mass is 10.0. The second-order valence-corrected chi connectivity index (χ2v) is 8.48. The van der Waals surface area contributed by atoms with E-state index in [1.54, 1.807) is 11.7 Å². The molecule has 2 aliphatic heterocycles. The molecule has 0 saturated carbocycles. The predicted molar refractivity (Wildman–Crippen MR) is 137 cm³/mol. The highest BCUT2D eigenvalue weighted by Gasteiger charge is 2.20. The van der Waals surface area contributed by atoms with Crippen LogP contribution in [0.3, 0.4) is 0 Å². The Bertz CT molecular complexity index is 1170. The first kappa shape index (κ1) is 26.2. The van der Waals surface area contributed by atoms with Gasteiger partial charge in [0.1, 0.15) is 11.5 Å². The number of aromatic nitrogens is 3. The number of nitrogens with one attached hydrogen (secondary N) is 1. The molecule has 8 nitrogen and oxygen atoms in total. The van der Waals surface area contributed by atoms with Crippen molar-refractivity contribution in [3.63, 3.8) is 0 Å². The summed E-state index contributed by atoms with van der Waals surface area (Å²) in [6, 6.07) is 8.30. The van der Waals surface area contributed by atoms with Crippen molar-refractivity contribution < 1.29 is 9.47 Å². The highest BCUT2D eigenvalue weighted by Crippen LogP contribution is 2.24. The molecule has 0 radical (unpaired) electrons. The van der Waals surface area contributed by atoms with Crippen LogP contribution in [0.2, 0.25) is 0 Å². The molecule has 10 heteroatoms. The molecule has 34 heavy (non-hydrogen) atoms. The number of piperidine rings is 1. The standard InChI is InChI=1S/C24H29N5O3.2ClH/c1-31-20-2-3-21-22(13-20)29(24(30)16-27-21)10-9-28-7-4-18(5-8-28)25-14-19-12-17-6-11-32-23(17)15-26-19;;/h2-3,12-13,15-16,18,25H,4-11,14H2,1H3;2*1H. The maximum atomic E-state index is 12.5. The van der Waals surface area contributed by atoms with Crippen molar-refractivity contribution >= 4 is 35.8 Å². The summed E-state index contributed by atoms with van der Waals surface area (Å²) in [5.41, 5.74) is 3.90. The van der Waals surface area contributed by atoms with E-state index in [4.69, 9.17) is 9.47 Å². The molecule has 1 fully saturated rings. The van der Waals surface area contributed by atoms with Crippen LogP contribution in [0, 0.1) is 0 Å². The van der Waals surface area contributed by atoms with Crippen molar-refractivity contribution in [3.8, 4) is 11.5 Å². The van der Waals surface area contributed by atoms with Crippen LogP contribution in [-0.2, 0) is 19.5 Å². The molecule has 0 aliphatic carbocycles. The molecule has 0 unspecified atom stereocenters. The molecule has 2 aromatic heterocycles. The second kappa shape index (κ2) is 11.8. The van der Waals surface area contributed by atoms with Crippen LogP contribution in [0.25, 0.3) is 11.0 Å². The Morgan fingerprint density at radius 2 is 1.94 bits per heavy atom. The molecular weight excluding hydrogens is 477 g/mol. The topological polar surface area (TPSA) is 81.5 Å². The average molecular weight is 508 g/mol. The van der Waals surface area contributed by atoms with E-state index < -0.39 is 0 Å². The summed E-state index contributed by atoms with van der Waals surface area (Å²) in [6.45, 7) is 5.08. The molecule has 0 bridgehead atoms. The third-order valence-corrected chi connectivity index (χ3v) is 6.49. The third-order valence-electron chi connectivity index (χ3n) is 6.49. The van der Waals surface area contributed by atoms with Crippen molar-refractivity contribution in [2.24, 2.45) is 0 Å². The zero-order valence-corrected chi connectivity index (χ0v) is 20.9. The van der Waals surface area contributed by atoms with Crippen LogP contribution in [0.5, 0.6) is 11.5 Å². The van der Waals surface area contributed by atoms with Crippen molar-refractivity contribution in [3.05, 3.63) is 58.3 Å².